The molecule has 23 heavy (non-hydrogen) atoms. The van der Waals surface area contributed by atoms with E-state index in [4.69, 9.17) is 5.26 Å². The van der Waals surface area contributed by atoms with E-state index >= 15 is 0 Å². The normalized spacial score (nSPS) is 21.0. The minimum absolute atomic E-state index is 0.150. The lowest BCUT2D eigenvalue weighted by atomic mass is 9.90. The van der Waals surface area contributed by atoms with E-state index in [1.54, 1.807) is 6.07 Å². The van der Waals surface area contributed by atoms with Gasteiger partial charge in [0, 0.05) is 12.0 Å². The molecule has 1 amide bonds. The Labute approximate surface area is 137 Å². The van der Waals surface area contributed by atoms with Crippen LogP contribution in [-0.4, -0.2) is 23.5 Å². The number of hydrogen-bond donors (Lipinski definition) is 1. The Kier molecular flexibility index (Phi) is 5.94. The molecule has 1 aliphatic rings. The van der Waals surface area contributed by atoms with Crippen LogP contribution in [0.4, 0.5) is 13.2 Å². The van der Waals surface area contributed by atoms with E-state index < -0.39 is 11.7 Å². The first-order chi connectivity index (χ1) is 10.9. The molecule has 124 valence electrons. The van der Waals surface area contributed by atoms with Crippen molar-refractivity contribution in [1.29, 1.82) is 5.26 Å². The van der Waals surface area contributed by atoms with Crippen molar-refractivity contribution in [2.45, 2.75) is 37.4 Å². The number of carbonyl (C=O) groups is 1. The zero-order valence-electron chi connectivity index (χ0n) is 12.4. The molecule has 0 radical (unpaired) electrons. The zero-order chi connectivity index (χ0) is 16.9. The van der Waals surface area contributed by atoms with Crippen LogP contribution in [0.5, 0.6) is 0 Å². The number of benzene rings is 1. The molecular formula is C16H17F3N2OS. The maximum atomic E-state index is 13.2. The molecule has 1 saturated carbocycles. The molecular weight excluding hydrogens is 325 g/mol. The fraction of sp³-hybridized carbons (Fsp3) is 0.500. The topological polar surface area (TPSA) is 52.9 Å². The van der Waals surface area contributed by atoms with Crippen LogP contribution in [0, 0.1) is 11.3 Å². The largest absolute Gasteiger partial charge is 0.416 e. The van der Waals surface area contributed by atoms with Crippen molar-refractivity contribution in [3.63, 3.8) is 0 Å². The lowest BCUT2D eigenvalue weighted by Crippen LogP contribution is -2.38. The molecule has 0 aliphatic heterocycles. The molecule has 0 aromatic heterocycles. The van der Waals surface area contributed by atoms with Gasteiger partial charge in [0.15, 0.2) is 0 Å². The average Bonchev–Trinajstić information content (AvgIpc) is 2.94. The van der Waals surface area contributed by atoms with E-state index in [2.05, 4.69) is 5.32 Å². The second-order valence-electron chi connectivity index (χ2n) is 5.45. The lowest BCUT2D eigenvalue weighted by Gasteiger charge is -2.24. The molecule has 3 nitrogen and oxygen atoms in total. The molecule has 1 aliphatic carbocycles. The standard InChI is InChI=1S/C16H17F3N2OS/c17-16(18,19)13-6-2-1-4-11(13)12-5-3-7-14(12)21-15(22)10-23-9-8-20/h1-2,4,6,12,14H,3,5,7,9-10H2,(H,21,22)/t12-,14-/m1/s1. The summed E-state index contributed by atoms with van der Waals surface area (Å²) in [5, 5.41) is 11.3. The first-order valence-corrected chi connectivity index (χ1v) is 8.49. The number of nitriles is 1. The van der Waals surface area contributed by atoms with Gasteiger partial charge in [0.2, 0.25) is 5.91 Å². The van der Waals surface area contributed by atoms with Crippen molar-refractivity contribution in [2.75, 3.05) is 11.5 Å². The van der Waals surface area contributed by atoms with Crippen LogP contribution >= 0.6 is 11.8 Å². The summed E-state index contributed by atoms with van der Waals surface area (Å²) in [5.41, 5.74) is -0.363. The highest BCUT2D eigenvalue weighted by Gasteiger charge is 2.38. The fourth-order valence-electron chi connectivity index (χ4n) is 3.02. The fourth-order valence-corrected chi connectivity index (χ4v) is 3.48. The van der Waals surface area contributed by atoms with Gasteiger partial charge in [-0.15, -0.1) is 11.8 Å². The van der Waals surface area contributed by atoms with E-state index in [0.29, 0.717) is 12.8 Å². The smallest absolute Gasteiger partial charge is 0.352 e. The van der Waals surface area contributed by atoms with Crippen molar-refractivity contribution in [3.8, 4) is 6.07 Å². The Morgan fingerprint density at radius 2 is 2.09 bits per heavy atom. The van der Waals surface area contributed by atoms with Gasteiger partial charge >= 0.3 is 6.18 Å². The molecule has 1 fully saturated rings. The van der Waals surface area contributed by atoms with Crippen LogP contribution in [0.25, 0.3) is 0 Å². The number of thioether (sulfide) groups is 1. The number of hydrogen-bond acceptors (Lipinski definition) is 3. The van der Waals surface area contributed by atoms with Crippen LogP contribution in [0.3, 0.4) is 0 Å². The van der Waals surface area contributed by atoms with Gasteiger partial charge in [0.25, 0.3) is 0 Å². The summed E-state index contributed by atoms with van der Waals surface area (Å²) in [6.45, 7) is 0. The summed E-state index contributed by atoms with van der Waals surface area (Å²) in [7, 11) is 0. The van der Waals surface area contributed by atoms with Gasteiger partial charge in [-0.05, 0) is 24.5 Å². The number of rotatable bonds is 5. The first kappa shape index (κ1) is 17.7. The van der Waals surface area contributed by atoms with Crippen LogP contribution in [-0.2, 0) is 11.0 Å². The first-order valence-electron chi connectivity index (χ1n) is 7.33. The van der Waals surface area contributed by atoms with Crippen LogP contribution in [0.1, 0.15) is 36.3 Å². The van der Waals surface area contributed by atoms with Gasteiger partial charge in [0.1, 0.15) is 0 Å². The number of halogens is 3. The Bertz CT molecular complexity index is 598. The van der Waals surface area contributed by atoms with E-state index in [9.17, 15) is 18.0 Å². The zero-order valence-corrected chi connectivity index (χ0v) is 13.2. The van der Waals surface area contributed by atoms with Gasteiger partial charge < -0.3 is 5.32 Å². The third-order valence-electron chi connectivity index (χ3n) is 3.93. The number of carbonyl (C=O) groups excluding carboxylic acids is 1. The van der Waals surface area contributed by atoms with E-state index in [1.165, 1.54) is 23.9 Å². The SMILES string of the molecule is N#CCSCC(=O)N[C@@H]1CCC[C@@H]1c1ccccc1C(F)(F)F. The van der Waals surface area contributed by atoms with Crippen molar-refractivity contribution in [2.24, 2.45) is 0 Å². The highest BCUT2D eigenvalue weighted by atomic mass is 32.2. The Morgan fingerprint density at radius 1 is 1.35 bits per heavy atom. The summed E-state index contributed by atoms with van der Waals surface area (Å²) < 4.78 is 39.5. The highest BCUT2D eigenvalue weighted by molar-refractivity contribution is 8.00. The van der Waals surface area contributed by atoms with Gasteiger partial charge in [-0.25, -0.2) is 0 Å². The molecule has 0 saturated heterocycles. The molecule has 2 atom stereocenters. The summed E-state index contributed by atoms with van der Waals surface area (Å²) in [4.78, 5) is 11.9. The number of alkyl halides is 3. The van der Waals surface area contributed by atoms with Crippen molar-refractivity contribution >= 4 is 17.7 Å². The highest BCUT2D eigenvalue weighted by Crippen LogP contribution is 2.41. The number of nitrogens with one attached hydrogen (secondary N) is 1. The van der Waals surface area contributed by atoms with Crippen molar-refractivity contribution < 1.29 is 18.0 Å². The molecule has 0 bridgehead atoms. The summed E-state index contributed by atoms with van der Waals surface area (Å²) in [6, 6.07) is 7.23. The molecule has 0 spiro atoms. The van der Waals surface area contributed by atoms with Gasteiger partial charge in [-0.3, -0.25) is 4.79 Å². The molecule has 1 N–H and O–H groups in total. The molecule has 2 rings (SSSR count). The van der Waals surface area contributed by atoms with Gasteiger partial charge in [-0.1, -0.05) is 24.6 Å². The number of nitrogens with zero attached hydrogens (tertiary/aromatic N) is 1. The van der Waals surface area contributed by atoms with E-state index in [-0.39, 0.29) is 34.9 Å². The summed E-state index contributed by atoms with van der Waals surface area (Å²) >= 11 is 1.20. The maximum Gasteiger partial charge on any atom is 0.416 e. The van der Waals surface area contributed by atoms with E-state index in [1.807, 2.05) is 6.07 Å². The average molecular weight is 342 g/mol. The minimum Gasteiger partial charge on any atom is -0.352 e. The monoisotopic (exact) mass is 342 g/mol. The van der Waals surface area contributed by atoms with Crippen LogP contribution in [0.15, 0.2) is 24.3 Å². The third kappa shape index (κ3) is 4.64. The molecule has 7 heteroatoms. The van der Waals surface area contributed by atoms with Crippen LogP contribution in [0.2, 0.25) is 0 Å². The summed E-state index contributed by atoms with van der Waals surface area (Å²) in [5.74, 6) is -0.180. The van der Waals surface area contributed by atoms with Crippen LogP contribution < -0.4 is 5.32 Å². The maximum absolute atomic E-state index is 13.2. The Morgan fingerprint density at radius 3 is 2.78 bits per heavy atom. The van der Waals surface area contributed by atoms with Crippen molar-refractivity contribution in [3.05, 3.63) is 35.4 Å². The minimum atomic E-state index is -4.39. The number of amides is 1. The predicted octanol–water partition coefficient (Wildman–Crippen LogP) is 3.71. The quantitative estimate of drug-likeness (QED) is 0.830. The predicted molar refractivity (Wildman–Crippen MR) is 82.9 cm³/mol. The second kappa shape index (κ2) is 7.73. The lowest BCUT2D eigenvalue weighted by molar-refractivity contribution is -0.138. The Hall–Kier alpha value is -1.68. The summed E-state index contributed by atoms with van der Waals surface area (Å²) in [6.07, 6.45) is -2.31. The Balaban J connectivity index is 2.11. The third-order valence-corrected chi connectivity index (χ3v) is 4.73. The molecule has 0 heterocycles. The van der Waals surface area contributed by atoms with Gasteiger partial charge in [-0.2, -0.15) is 18.4 Å². The second-order valence-corrected chi connectivity index (χ2v) is 6.43. The molecule has 0 unspecified atom stereocenters. The molecule has 1 aromatic carbocycles. The van der Waals surface area contributed by atoms with Crippen molar-refractivity contribution in [1.82, 2.24) is 5.32 Å². The molecule has 1 aromatic rings. The van der Waals surface area contributed by atoms with E-state index in [0.717, 1.165) is 12.5 Å². The van der Waals surface area contributed by atoms with Gasteiger partial charge in [0.05, 0.1) is 23.1 Å².